The van der Waals surface area contributed by atoms with Gasteiger partial charge in [0.05, 0.1) is 18.8 Å². The van der Waals surface area contributed by atoms with Crippen LogP contribution < -0.4 is 15.4 Å². The molecule has 6 heteroatoms. The summed E-state index contributed by atoms with van der Waals surface area (Å²) >= 11 is 0. The molecule has 1 aromatic carbocycles. The number of halogens is 1. The molecule has 0 fully saturated rings. The molecule has 5 nitrogen and oxygen atoms in total. The van der Waals surface area contributed by atoms with E-state index in [0.29, 0.717) is 38.5 Å². The minimum absolute atomic E-state index is 0. The van der Waals surface area contributed by atoms with Crippen LogP contribution in [-0.4, -0.2) is 36.4 Å². The van der Waals surface area contributed by atoms with Crippen LogP contribution >= 0.6 is 24.0 Å². The topological polar surface area (TPSA) is 65.9 Å². The van der Waals surface area contributed by atoms with E-state index in [1.54, 1.807) is 0 Å². The molecule has 0 aliphatic rings. The molecule has 0 amide bonds. The highest BCUT2D eigenvalue weighted by Crippen LogP contribution is 2.18. The summed E-state index contributed by atoms with van der Waals surface area (Å²) in [6, 6.07) is 7.93. The second-order valence-corrected chi connectivity index (χ2v) is 5.52. The lowest BCUT2D eigenvalue weighted by Gasteiger charge is -2.26. The maximum absolute atomic E-state index is 10.4. The lowest BCUT2D eigenvalue weighted by Crippen LogP contribution is -2.46. The average molecular weight is 449 g/mol. The Balaban J connectivity index is 0.00000529. The van der Waals surface area contributed by atoms with Crippen LogP contribution in [0.3, 0.4) is 0 Å². The smallest absolute Gasteiger partial charge is 0.191 e. The van der Waals surface area contributed by atoms with E-state index >= 15 is 0 Å². The van der Waals surface area contributed by atoms with E-state index in [2.05, 4.69) is 15.6 Å². The predicted octanol–water partition coefficient (Wildman–Crippen LogP) is 3.31. The Bertz CT molecular complexity index is 491. The van der Waals surface area contributed by atoms with Crippen LogP contribution in [0.2, 0.25) is 0 Å². The number of para-hydroxylation sites is 1. The highest BCUT2D eigenvalue weighted by molar-refractivity contribution is 14.0. The minimum Gasteiger partial charge on any atom is -0.494 e. The molecule has 0 saturated carbocycles. The molecule has 24 heavy (non-hydrogen) atoms. The van der Waals surface area contributed by atoms with Gasteiger partial charge in [-0.25, -0.2) is 4.99 Å². The van der Waals surface area contributed by atoms with Crippen molar-refractivity contribution >= 4 is 29.9 Å². The molecular weight excluding hydrogens is 417 g/mol. The molecule has 1 aromatic rings. The van der Waals surface area contributed by atoms with E-state index in [4.69, 9.17) is 4.74 Å². The number of hydrogen-bond acceptors (Lipinski definition) is 3. The quantitative estimate of drug-likeness (QED) is 0.308. The van der Waals surface area contributed by atoms with Crippen molar-refractivity contribution in [1.82, 2.24) is 10.6 Å². The van der Waals surface area contributed by atoms with Crippen LogP contribution in [-0.2, 0) is 6.54 Å². The zero-order chi connectivity index (χ0) is 17.1. The fraction of sp³-hybridized carbons (Fsp3) is 0.611. The summed E-state index contributed by atoms with van der Waals surface area (Å²) in [6.07, 6.45) is 1.42. The molecule has 0 aliphatic carbocycles. The SMILES string of the molecule is CCNC(=NCc1ccccc1OCC)NCC(O)(CC)CC.I. The van der Waals surface area contributed by atoms with Gasteiger partial charge in [-0.2, -0.15) is 0 Å². The standard InChI is InChI=1S/C18H31N3O2.HI/c1-5-18(22,6-2)14-21-17(19-7-3)20-13-15-11-9-10-12-16(15)23-8-4;/h9-12,22H,5-8,13-14H2,1-4H3,(H2,19,20,21);1H. The molecule has 0 aliphatic heterocycles. The number of rotatable bonds is 9. The highest BCUT2D eigenvalue weighted by Gasteiger charge is 2.22. The second kappa shape index (κ2) is 12.4. The van der Waals surface area contributed by atoms with Gasteiger partial charge in [-0.1, -0.05) is 32.0 Å². The summed E-state index contributed by atoms with van der Waals surface area (Å²) < 4.78 is 5.63. The number of nitrogens with zero attached hydrogens (tertiary/aromatic N) is 1. The Morgan fingerprint density at radius 3 is 2.38 bits per heavy atom. The van der Waals surface area contributed by atoms with E-state index in [9.17, 15) is 5.11 Å². The average Bonchev–Trinajstić information content (AvgIpc) is 2.58. The summed E-state index contributed by atoms with van der Waals surface area (Å²) in [7, 11) is 0. The van der Waals surface area contributed by atoms with E-state index < -0.39 is 5.60 Å². The molecule has 3 N–H and O–H groups in total. The molecule has 0 saturated heterocycles. The maximum atomic E-state index is 10.4. The van der Waals surface area contributed by atoms with Gasteiger partial charge in [-0.15, -0.1) is 24.0 Å². The predicted molar refractivity (Wildman–Crippen MR) is 111 cm³/mol. The molecule has 0 heterocycles. The third kappa shape index (κ3) is 7.70. The third-order valence-electron chi connectivity index (χ3n) is 3.93. The summed E-state index contributed by atoms with van der Waals surface area (Å²) in [6.45, 7) is 10.4. The number of ether oxygens (including phenoxy) is 1. The zero-order valence-corrected chi connectivity index (χ0v) is 17.6. The monoisotopic (exact) mass is 449 g/mol. The minimum atomic E-state index is -0.695. The largest absolute Gasteiger partial charge is 0.494 e. The number of aliphatic imine (C=N–C) groups is 1. The van der Waals surface area contributed by atoms with Crippen LogP contribution in [0.5, 0.6) is 5.75 Å². The van der Waals surface area contributed by atoms with Gasteiger partial charge in [0.1, 0.15) is 5.75 Å². The fourth-order valence-electron chi connectivity index (χ4n) is 2.18. The first kappa shape index (κ1) is 23.0. The summed E-state index contributed by atoms with van der Waals surface area (Å²) in [5, 5.41) is 16.8. The molecule has 0 atom stereocenters. The zero-order valence-electron chi connectivity index (χ0n) is 15.3. The Labute approximate surface area is 163 Å². The van der Waals surface area contributed by atoms with Crippen molar-refractivity contribution < 1.29 is 9.84 Å². The number of nitrogens with one attached hydrogen (secondary N) is 2. The first-order chi connectivity index (χ1) is 11.1. The van der Waals surface area contributed by atoms with Crippen molar-refractivity contribution in [1.29, 1.82) is 0 Å². The maximum Gasteiger partial charge on any atom is 0.191 e. The van der Waals surface area contributed by atoms with Gasteiger partial charge in [0, 0.05) is 18.7 Å². The Morgan fingerprint density at radius 1 is 1.12 bits per heavy atom. The van der Waals surface area contributed by atoms with Crippen molar-refractivity contribution in [3.63, 3.8) is 0 Å². The molecular formula is C18H32IN3O2. The lowest BCUT2D eigenvalue weighted by atomic mass is 9.98. The van der Waals surface area contributed by atoms with Gasteiger partial charge in [0.15, 0.2) is 5.96 Å². The van der Waals surface area contributed by atoms with Crippen LogP contribution in [0, 0.1) is 0 Å². The first-order valence-electron chi connectivity index (χ1n) is 8.53. The Kier molecular flexibility index (Phi) is 11.8. The first-order valence-corrected chi connectivity index (χ1v) is 8.53. The van der Waals surface area contributed by atoms with E-state index in [1.165, 1.54) is 0 Å². The molecule has 1 rings (SSSR count). The molecule has 0 bridgehead atoms. The molecule has 0 radical (unpaired) electrons. The van der Waals surface area contributed by atoms with Crippen molar-refractivity contribution in [3.8, 4) is 5.75 Å². The second-order valence-electron chi connectivity index (χ2n) is 5.52. The number of hydrogen-bond donors (Lipinski definition) is 3. The van der Waals surface area contributed by atoms with Crippen LogP contribution in [0.25, 0.3) is 0 Å². The normalized spacial score (nSPS) is 11.6. The van der Waals surface area contributed by atoms with E-state index in [0.717, 1.165) is 17.9 Å². The van der Waals surface area contributed by atoms with Gasteiger partial charge in [0.25, 0.3) is 0 Å². The summed E-state index contributed by atoms with van der Waals surface area (Å²) in [4.78, 5) is 4.60. The van der Waals surface area contributed by atoms with Crippen molar-refractivity contribution in [3.05, 3.63) is 29.8 Å². The van der Waals surface area contributed by atoms with Gasteiger partial charge >= 0.3 is 0 Å². The van der Waals surface area contributed by atoms with Gasteiger partial charge in [-0.05, 0) is 32.8 Å². The van der Waals surface area contributed by atoms with Crippen molar-refractivity contribution in [2.75, 3.05) is 19.7 Å². The summed E-state index contributed by atoms with van der Waals surface area (Å²) in [5.41, 5.74) is 0.354. The van der Waals surface area contributed by atoms with Crippen LogP contribution in [0.1, 0.15) is 46.1 Å². The molecule has 138 valence electrons. The van der Waals surface area contributed by atoms with Crippen molar-refractivity contribution in [2.45, 2.75) is 52.7 Å². The fourth-order valence-corrected chi connectivity index (χ4v) is 2.18. The molecule has 0 aromatic heterocycles. The summed E-state index contributed by atoms with van der Waals surface area (Å²) in [5.74, 6) is 1.58. The van der Waals surface area contributed by atoms with Crippen molar-refractivity contribution in [2.24, 2.45) is 4.99 Å². The highest BCUT2D eigenvalue weighted by atomic mass is 127. The number of guanidine groups is 1. The Hall–Kier alpha value is -1.02. The van der Waals surface area contributed by atoms with Crippen LogP contribution in [0.4, 0.5) is 0 Å². The van der Waals surface area contributed by atoms with Crippen LogP contribution in [0.15, 0.2) is 29.3 Å². The van der Waals surface area contributed by atoms with Gasteiger partial charge in [0.2, 0.25) is 0 Å². The third-order valence-corrected chi connectivity index (χ3v) is 3.93. The van der Waals surface area contributed by atoms with E-state index in [1.807, 2.05) is 52.0 Å². The van der Waals surface area contributed by atoms with E-state index in [-0.39, 0.29) is 24.0 Å². The Morgan fingerprint density at radius 2 is 1.79 bits per heavy atom. The molecule has 0 spiro atoms. The number of benzene rings is 1. The number of aliphatic hydroxyl groups is 1. The lowest BCUT2D eigenvalue weighted by molar-refractivity contribution is 0.0367. The van der Waals surface area contributed by atoms with Gasteiger partial charge in [-0.3, -0.25) is 0 Å². The molecule has 0 unspecified atom stereocenters. The van der Waals surface area contributed by atoms with Gasteiger partial charge < -0.3 is 20.5 Å².